The molecule has 1 aliphatic carbocycles. The van der Waals surface area contributed by atoms with Gasteiger partial charge >= 0.3 is 6.09 Å². The molecule has 3 N–H and O–H groups in total. The average molecular weight is 596 g/mol. The molecular weight excluding hydrogens is 567 g/mol. The van der Waals surface area contributed by atoms with E-state index in [1.165, 1.54) is 13.2 Å². The molecule has 14 heteroatoms. The van der Waals surface area contributed by atoms with E-state index in [9.17, 15) is 13.2 Å². The maximum absolute atomic E-state index is 12.4. The van der Waals surface area contributed by atoms with Crippen LogP contribution in [-0.4, -0.2) is 54.9 Å². The SMILES string of the molecule is C=CC(CNc1nccc(-c2oc(C3CC3)nc2-c2cc(Cl)cc(NS(=O)(=O)CCC)c2Cl)n1)NC(=O)OC. The zero-order chi connectivity index (χ0) is 28.2. The summed E-state index contributed by atoms with van der Waals surface area (Å²) in [4.78, 5) is 25.1. The van der Waals surface area contributed by atoms with Gasteiger partial charge in [-0.05, 0) is 37.5 Å². The maximum atomic E-state index is 12.4. The molecule has 1 fully saturated rings. The summed E-state index contributed by atoms with van der Waals surface area (Å²) in [5, 5.41) is 6.08. The molecule has 3 aromatic rings. The van der Waals surface area contributed by atoms with Crippen molar-refractivity contribution in [3.63, 3.8) is 0 Å². The number of methoxy groups -OCH3 is 1. The molecule has 1 atom stereocenters. The van der Waals surface area contributed by atoms with E-state index < -0.39 is 22.2 Å². The molecule has 0 aliphatic heterocycles. The van der Waals surface area contributed by atoms with Gasteiger partial charge in [0.15, 0.2) is 11.7 Å². The molecule has 1 unspecified atom stereocenters. The Morgan fingerprint density at radius 3 is 2.74 bits per heavy atom. The minimum atomic E-state index is -3.62. The van der Waals surface area contributed by atoms with Crippen LogP contribution in [0.2, 0.25) is 10.0 Å². The first kappa shape index (κ1) is 28.7. The van der Waals surface area contributed by atoms with E-state index in [4.69, 9.17) is 32.6 Å². The summed E-state index contributed by atoms with van der Waals surface area (Å²) in [6, 6.07) is 4.28. The van der Waals surface area contributed by atoms with Gasteiger partial charge in [0.25, 0.3) is 0 Å². The Morgan fingerprint density at radius 2 is 2.08 bits per heavy atom. The maximum Gasteiger partial charge on any atom is 0.407 e. The number of halogens is 2. The summed E-state index contributed by atoms with van der Waals surface area (Å²) in [5.41, 5.74) is 1.34. The van der Waals surface area contributed by atoms with Crippen molar-refractivity contribution in [2.45, 2.75) is 38.1 Å². The van der Waals surface area contributed by atoms with Crippen molar-refractivity contribution in [3.05, 3.63) is 53.0 Å². The number of amides is 1. The van der Waals surface area contributed by atoms with Gasteiger partial charge in [0.1, 0.15) is 11.4 Å². The van der Waals surface area contributed by atoms with E-state index in [-0.39, 0.29) is 39.9 Å². The van der Waals surface area contributed by atoms with Gasteiger partial charge in [-0.3, -0.25) is 4.72 Å². The Labute approximate surface area is 236 Å². The quantitative estimate of drug-likeness (QED) is 0.232. The molecule has 208 valence electrons. The molecule has 0 bridgehead atoms. The number of sulfonamides is 1. The van der Waals surface area contributed by atoms with Crippen LogP contribution in [0, 0.1) is 0 Å². The summed E-state index contributed by atoms with van der Waals surface area (Å²) in [5.74, 6) is 1.25. The van der Waals surface area contributed by atoms with E-state index in [0.29, 0.717) is 35.0 Å². The highest BCUT2D eigenvalue weighted by molar-refractivity contribution is 7.92. The third-order valence-electron chi connectivity index (χ3n) is 5.74. The summed E-state index contributed by atoms with van der Waals surface area (Å²) >= 11 is 13.1. The van der Waals surface area contributed by atoms with Crippen LogP contribution in [0.4, 0.5) is 16.4 Å². The second-order valence-corrected chi connectivity index (χ2v) is 11.5. The molecule has 1 aromatic carbocycles. The van der Waals surface area contributed by atoms with Crippen LogP contribution in [0.15, 0.2) is 41.5 Å². The minimum Gasteiger partial charge on any atom is -0.453 e. The van der Waals surface area contributed by atoms with Crippen LogP contribution >= 0.6 is 23.2 Å². The molecule has 1 saturated carbocycles. The van der Waals surface area contributed by atoms with E-state index in [1.807, 2.05) is 0 Å². The lowest BCUT2D eigenvalue weighted by Gasteiger charge is -2.15. The smallest absolute Gasteiger partial charge is 0.407 e. The van der Waals surface area contributed by atoms with Crippen LogP contribution in [-0.2, 0) is 14.8 Å². The number of carbonyl (C=O) groups is 1. The second-order valence-electron chi connectivity index (χ2n) is 8.86. The lowest BCUT2D eigenvalue weighted by atomic mass is 10.1. The van der Waals surface area contributed by atoms with Gasteiger partial charge in [0.2, 0.25) is 16.0 Å². The lowest BCUT2D eigenvalue weighted by Crippen LogP contribution is -2.38. The summed E-state index contributed by atoms with van der Waals surface area (Å²) in [6.45, 7) is 5.73. The molecular formula is C25H28Cl2N6O5S. The van der Waals surface area contributed by atoms with Crippen LogP contribution in [0.1, 0.15) is 38.0 Å². The first-order chi connectivity index (χ1) is 18.6. The molecule has 1 amide bonds. The predicted molar refractivity (Wildman–Crippen MR) is 151 cm³/mol. The Balaban J connectivity index is 1.70. The average Bonchev–Trinajstić information content (AvgIpc) is 3.66. The van der Waals surface area contributed by atoms with Crippen molar-refractivity contribution in [2.24, 2.45) is 0 Å². The Hall–Kier alpha value is -3.35. The number of oxazole rings is 1. The van der Waals surface area contributed by atoms with Gasteiger partial charge in [0, 0.05) is 29.2 Å². The topological polar surface area (TPSA) is 148 Å². The van der Waals surface area contributed by atoms with Crippen LogP contribution in [0.3, 0.4) is 0 Å². The number of anilines is 2. The Kier molecular flexibility index (Phi) is 8.98. The van der Waals surface area contributed by atoms with Crippen LogP contribution in [0.5, 0.6) is 0 Å². The molecule has 0 spiro atoms. The van der Waals surface area contributed by atoms with Crippen molar-refractivity contribution < 1.29 is 22.4 Å². The lowest BCUT2D eigenvalue weighted by molar-refractivity contribution is 0.169. The fraction of sp³-hybridized carbons (Fsp3) is 0.360. The highest BCUT2D eigenvalue weighted by atomic mass is 35.5. The summed E-state index contributed by atoms with van der Waals surface area (Å²) in [7, 11) is -2.35. The normalized spacial score (nSPS) is 13.9. The third-order valence-corrected chi connectivity index (χ3v) is 7.84. The number of rotatable bonds is 12. The molecule has 2 aromatic heterocycles. The van der Waals surface area contributed by atoms with E-state index in [1.54, 1.807) is 31.3 Å². The number of ether oxygens (including phenoxy) is 1. The van der Waals surface area contributed by atoms with Crippen LogP contribution in [0.25, 0.3) is 22.7 Å². The number of hydrogen-bond acceptors (Lipinski definition) is 9. The van der Waals surface area contributed by atoms with Crippen molar-refractivity contribution >= 4 is 51.0 Å². The van der Waals surface area contributed by atoms with Crippen molar-refractivity contribution in [2.75, 3.05) is 29.4 Å². The molecule has 11 nitrogen and oxygen atoms in total. The fourth-order valence-electron chi connectivity index (χ4n) is 3.70. The first-order valence-electron chi connectivity index (χ1n) is 12.2. The highest BCUT2D eigenvalue weighted by Crippen LogP contribution is 2.46. The van der Waals surface area contributed by atoms with Crippen LogP contribution < -0.4 is 15.4 Å². The number of carbonyl (C=O) groups excluding carboxylic acids is 1. The zero-order valence-electron chi connectivity index (χ0n) is 21.3. The third kappa shape index (κ3) is 7.20. The largest absolute Gasteiger partial charge is 0.453 e. The second kappa shape index (κ2) is 12.2. The molecule has 4 rings (SSSR count). The monoisotopic (exact) mass is 594 g/mol. The molecule has 1 aliphatic rings. The van der Waals surface area contributed by atoms with Gasteiger partial charge in [-0.25, -0.2) is 28.2 Å². The molecule has 2 heterocycles. The first-order valence-corrected chi connectivity index (χ1v) is 14.6. The van der Waals surface area contributed by atoms with Gasteiger partial charge in [0.05, 0.1) is 29.6 Å². The number of nitrogens with zero attached hydrogens (tertiary/aromatic N) is 3. The number of benzene rings is 1. The van der Waals surface area contributed by atoms with E-state index in [0.717, 1.165) is 12.8 Å². The predicted octanol–water partition coefficient (Wildman–Crippen LogP) is 5.46. The number of alkyl carbamates (subject to hydrolysis) is 1. The van der Waals surface area contributed by atoms with Crippen molar-refractivity contribution in [3.8, 4) is 22.7 Å². The minimum absolute atomic E-state index is 0.0647. The van der Waals surface area contributed by atoms with Gasteiger partial charge < -0.3 is 19.8 Å². The van der Waals surface area contributed by atoms with Gasteiger partial charge in [-0.1, -0.05) is 36.2 Å². The fourth-order valence-corrected chi connectivity index (χ4v) is 5.35. The Bertz CT molecular complexity index is 1480. The highest BCUT2D eigenvalue weighted by Gasteiger charge is 2.32. The van der Waals surface area contributed by atoms with Gasteiger partial charge in [-0.15, -0.1) is 6.58 Å². The van der Waals surface area contributed by atoms with Crippen molar-refractivity contribution in [1.82, 2.24) is 20.3 Å². The summed E-state index contributed by atoms with van der Waals surface area (Å²) in [6.07, 6.45) is 4.83. The standard InChI is InChI=1S/C25H28Cl2N6O5S/c1-4-10-39(35,36)33-19-12-15(26)11-17(20(19)27)21-22(38-23(32-21)14-6-7-14)18-8-9-28-24(31-18)29-13-16(5-2)30-25(34)37-3/h5,8-9,11-12,14,16,33H,2,4,6-7,10,13H2,1,3H3,(H,30,34)(H,28,29,31). The number of aromatic nitrogens is 3. The number of nitrogens with one attached hydrogen (secondary N) is 3. The Morgan fingerprint density at radius 1 is 1.31 bits per heavy atom. The van der Waals surface area contributed by atoms with Crippen molar-refractivity contribution in [1.29, 1.82) is 0 Å². The molecule has 39 heavy (non-hydrogen) atoms. The van der Waals surface area contributed by atoms with E-state index in [2.05, 4.69) is 36.6 Å². The summed E-state index contributed by atoms with van der Waals surface area (Å²) < 4.78 is 38.2. The van der Waals surface area contributed by atoms with Gasteiger partial charge in [-0.2, -0.15) is 0 Å². The van der Waals surface area contributed by atoms with E-state index >= 15 is 0 Å². The molecule has 0 saturated heterocycles. The number of hydrogen-bond donors (Lipinski definition) is 3. The molecule has 0 radical (unpaired) electrons. The zero-order valence-corrected chi connectivity index (χ0v) is 23.7.